The molecule has 0 aliphatic carbocycles. The number of nitrogens with zero attached hydrogens (tertiary/aromatic N) is 2. The molecule has 0 atom stereocenters. The lowest BCUT2D eigenvalue weighted by molar-refractivity contribution is 0.0979. The molecule has 4 aromatic carbocycles. The van der Waals surface area contributed by atoms with Crippen molar-refractivity contribution in [2.45, 2.75) is 6.54 Å². The summed E-state index contributed by atoms with van der Waals surface area (Å²) in [5, 5.41) is 0. The third-order valence-electron chi connectivity index (χ3n) is 6.39. The number of rotatable bonds is 9. The number of carbonyl (C=O) groups is 1. The highest BCUT2D eigenvalue weighted by Crippen LogP contribution is 2.32. The number of oxazole rings is 1. The van der Waals surface area contributed by atoms with Crippen molar-refractivity contribution < 1.29 is 28.2 Å². The van der Waals surface area contributed by atoms with Crippen LogP contribution in [0.5, 0.6) is 23.0 Å². The summed E-state index contributed by atoms with van der Waals surface area (Å²) in [4.78, 5) is 20.1. The quantitative estimate of drug-likeness (QED) is 0.221. The highest BCUT2D eigenvalue weighted by molar-refractivity contribution is 6.05. The van der Waals surface area contributed by atoms with E-state index in [1.54, 1.807) is 58.8 Å². The highest BCUT2D eigenvalue weighted by atomic mass is 16.5. The van der Waals surface area contributed by atoms with Gasteiger partial charge in [-0.2, -0.15) is 4.98 Å². The van der Waals surface area contributed by atoms with Crippen molar-refractivity contribution in [2.24, 2.45) is 0 Å². The molecule has 0 bridgehead atoms. The van der Waals surface area contributed by atoms with Gasteiger partial charge in [0.15, 0.2) is 5.58 Å². The molecule has 0 spiro atoms. The van der Waals surface area contributed by atoms with E-state index >= 15 is 0 Å². The Bertz CT molecular complexity index is 1630. The highest BCUT2D eigenvalue weighted by Gasteiger charge is 2.25. The van der Waals surface area contributed by atoms with Crippen molar-refractivity contribution >= 4 is 23.0 Å². The number of hydrogen-bond acceptors (Lipinski definition) is 7. The van der Waals surface area contributed by atoms with Crippen molar-refractivity contribution in [3.8, 4) is 34.1 Å². The maximum absolute atomic E-state index is 13.9. The van der Waals surface area contributed by atoms with E-state index in [0.717, 1.165) is 22.4 Å². The molecule has 0 N–H and O–H groups in total. The summed E-state index contributed by atoms with van der Waals surface area (Å²) in [7, 11) is 6.36. The van der Waals surface area contributed by atoms with E-state index in [2.05, 4.69) is 0 Å². The Hall–Kier alpha value is -4.98. The first-order valence-corrected chi connectivity index (χ1v) is 12.2. The van der Waals surface area contributed by atoms with Crippen molar-refractivity contribution in [2.75, 3.05) is 33.3 Å². The van der Waals surface area contributed by atoms with Gasteiger partial charge in [0, 0.05) is 17.2 Å². The van der Waals surface area contributed by atoms with Crippen molar-refractivity contribution in [1.29, 1.82) is 0 Å². The summed E-state index contributed by atoms with van der Waals surface area (Å²) >= 11 is 0. The molecule has 198 valence electrons. The fourth-order valence-electron chi connectivity index (χ4n) is 4.30. The summed E-state index contributed by atoms with van der Waals surface area (Å²) in [6, 6.07) is 26.1. The van der Waals surface area contributed by atoms with Gasteiger partial charge < -0.3 is 23.4 Å². The van der Waals surface area contributed by atoms with Gasteiger partial charge in [0.05, 0.1) is 35.0 Å². The van der Waals surface area contributed by atoms with Crippen molar-refractivity contribution in [3.63, 3.8) is 0 Å². The Labute approximate surface area is 226 Å². The van der Waals surface area contributed by atoms with E-state index in [-0.39, 0.29) is 18.5 Å². The number of anilines is 1. The second kappa shape index (κ2) is 11.2. The fraction of sp³-hybridized carbons (Fsp3) is 0.161. The number of carbonyl (C=O) groups excluding carboxylic acids is 1. The van der Waals surface area contributed by atoms with E-state index in [9.17, 15) is 4.79 Å². The molecule has 8 heteroatoms. The minimum Gasteiger partial charge on any atom is -0.497 e. The second-order valence-electron chi connectivity index (χ2n) is 8.71. The van der Waals surface area contributed by atoms with Gasteiger partial charge in [0.25, 0.3) is 5.91 Å². The number of benzene rings is 4. The Morgan fingerprint density at radius 3 is 2.18 bits per heavy atom. The predicted molar refractivity (Wildman–Crippen MR) is 149 cm³/mol. The maximum atomic E-state index is 13.9. The zero-order valence-electron chi connectivity index (χ0n) is 22.1. The van der Waals surface area contributed by atoms with Gasteiger partial charge in [-0.3, -0.25) is 9.69 Å². The van der Waals surface area contributed by atoms with Crippen LogP contribution in [0.1, 0.15) is 15.9 Å². The van der Waals surface area contributed by atoms with Crippen LogP contribution >= 0.6 is 0 Å². The molecule has 0 aliphatic rings. The molecule has 0 saturated carbocycles. The largest absolute Gasteiger partial charge is 0.497 e. The van der Waals surface area contributed by atoms with Gasteiger partial charge >= 0.3 is 6.01 Å². The minimum atomic E-state index is -0.300. The molecule has 1 amide bonds. The smallest absolute Gasteiger partial charge is 0.305 e. The average molecular weight is 525 g/mol. The second-order valence-corrected chi connectivity index (χ2v) is 8.71. The lowest BCUT2D eigenvalue weighted by Crippen LogP contribution is -2.31. The van der Waals surface area contributed by atoms with Crippen LogP contribution in [0.3, 0.4) is 0 Å². The molecule has 0 unspecified atom stereocenters. The summed E-state index contributed by atoms with van der Waals surface area (Å²) in [6.45, 7) is 0.152. The van der Waals surface area contributed by atoms with Gasteiger partial charge in [-0.15, -0.1) is 0 Å². The van der Waals surface area contributed by atoms with Gasteiger partial charge in [-0.25, -0.2) is 0 Å². The Balaban J connectivity index is 1.57. The van der Waals surface area contributed by atoms with Gasteiger partial charge in [0.2, 0.25) is 0 Å². The normalized spacial score (nSPS) is 10.8. The van der Waals surface area contributed by atoms with Crippen molar-refractivity contribution in [1.82, 2.24) is 4.98 Å². The number of fused-ring (bicyclic) bond motifs is 1. The SMILES string of the molecule is COc1cccc(C(=O)N(Cc2ccc(OC)cc2OC)c2nc3cc(-c4cccc(OC)c4)ccc3o2)c1. The molecule has 0 radical (unpaired) electrons. The van der Waals surface area contributed by atoms with Crippen LogP contribution in [0.4, 0.5) is 6.01 Å². The van der Waals surface area contributed by atoms with Gasteiger partial charge in [0.1, 0.15) is 28.5 Å². The summed E-state index contributed by atoms with van der Waals surface area (Å²) < 4.78 is 27.8. The topological polar surface area (TPSA) is 83.3 Å². The first kappa shape index (κ1) is 25.7. The molecule has 5 rings (SSSR count). The molecule has 0 fully saturated rings. The monoisotopic (exact) mass is 524 g/mol. The third-order valence-corrected chi connectivity index (χ3v) is 6.39. The number of ether oxygens (including phenoxy) is 4. The molecule has 8 nitrogen and oxygen atoms in total. The first-order valence-electron chi connectivity index (χ1n) is 12.2. The molecular weight excluding hydrogens is 496 g/mol. The number of hydrogen-bond donors (Lipinski definition) is 0. The van der Waals surface area contributed by atoms with E-state index in [1.807, 2.05) is 54.6 Å². The first-order chi connectivity index (χ1) is 19.0. The van der Waals surface area contributed by atoms with Gasteiger partial charge in [-0.1, -0.05) is 24.3 Å². The number of aromatic nitrogens is 1. The Kier molecular flexibility index (Phi) is 7.36. The molecule has 0 aliphatic heterocycles. The van der Waals surface area contributed by atoms with E-state index in [1.165, 1.54) is 4.90 Å². The van der Waals surface area contributed by atoms with Crippen LogP contribution in [0.15, 0.2) is 89.3 Å². The van der Waals surface area contributed by atoms with Crippen LogP contribution in [0.25, 0.3) is 22.2 Å². The molecular formula is C31H28N2O6. The summed E-state index contributed by atoms with van der Waals surface area (Å²) in [6.07, 6.45) is 0. The standard InChI is InChI=1S/C31H28N2O6/c1-35-24-9-5-7-20(15-24)21-12-14-28-27(17-21)32-31(39-28)33(30(34)22-8-6-10-25(16-22)36-2)19-23-11-13-26(37-3)18-29(23)38-4/h5-18H,19H2,1-4H3. The number of methoxy groups -OCH3 is 4. The summed E-state index contributed by atoms with van der Waals surface area (Å²) in [5.41, 5.74) is 4.30. The summed E-state index contributed by atoms with van der Waals surface area (Å²) in [5.74, 6) is 2.26. The molecule has 39 heavy (non-hydrogen) atoms. The van der Waals surface area contributed by atoms with Gasteiger partial charge in [-0.05, 0) is 65.7 Å². The van der Waals surface area contributed by atoms with Crippen molar-refractivity contribution in [3.05, 3.63) is 96.1 Å². The Morgan fingerprint density at radius 1 is 0.744 bits per heavy atom. The number of amides is 1. The van der Waals surface area contributed by atoms with Crippen LogP contribution in [0.2, 0.25) is 0 Å². The molecule has 0 saturated heterocycles. The van der Waals surface area contributed by atoms with Crippen LogP contribution in [-0.2, 0) is 6.54 Å². The molecule has 1 aromatic heterocycles. The van der Waals surface area contributed by atoms with E-state index in [4.69, 9.17) is 28.3 Å². The zero-order chi connectivity index (χ0) is 27.4. The third kappa shape index (κ3) is 5.36. The lowest BCUT2D eigenvalue weighted by Gasteiger charge is -2.21. The maximum Gasteiger partial charge on any atom is 0.305 e. The minimum absolute atomic E-state index is 0.152. The van der Waals surface area contributed by atoms with Crippen LogP contribution < -0.4 is 23.8 Å². The Morgan fingerprint density at radius 2 is 1.44 bits per heavy atom. The van der Waals surface area contributed by atoms with E-state index in [0.29, 0.717) is 33.9 Å². The molecule has 1 heterocycles. The van der Waals surface area contributed by atoms with Crippen LogP contribution in [-0.4, -0.2) is 39.3 Å². The molecule has 5 aromatic rings. The van der Waals surface area contributed by atoms with Crippen LogP contribution in [0, 0.1) is 0 Å². The van der Waals surface area contributed by atoms with E-state index < -0.39 is 0 Å². The lowest BCUT2D eigenvalue weighted by atomic mass is 10.1. The average Bonchev–Trinajstić information content (AvgIpc) is 3.42. The zero-order valence-corrected chi connectivity index (χ0v) is 22.1. The predicted octanol–water partition coefficient (Wildman–Crippen LogP) is 6.38. The fourth-order valence-corrected chi connectivity index (χ4v) is 4.30.